The lowest BCUT2D eigenvalue weighted by Crippen LogP contribution is -2.34. The molecule has 0 aliphatic heterocycles. The Bertz CT molecular complexity index is 415. The van der Waals surface area contributed by atoms with Crippen LogP contribution in [0.2, 0.25) is 0 Å². The van der Waals surface area contributed by atoms with Gasteiger partial charge in [0, 0.05) is 21.5 Å². The maximum Gasteiger partial charge on any atom is 0.335 e. The molecule has 0 aliphatic rings. The van der Waals surface area contributed by atoms with Crippen molar-refractivity contribution in [1.29, 1.82) is 0 Å². The maximum atomic E-state index is 10.8. The number of benzene rings is 1. The van der Waals surface area contributed by atoms with E-state index in [1.807, 2.05) is 19.9 Å². The Hall–Kier alpha value is -0.520. The summed E-state index contributed by atoms with van der Waals surface area (Å²) in [6.45, 7) is 3.98. The number of aromatic carboxylic acids is 1. The topological polar surface area (TPSA) is 63.3 Å². The van der Waals surface area contributed by atoms with Gasteiger partial charge in [-0.1, -0.05) is 22.0 Å². The van der Waals surface area contributed by atoms with E-state index in [2.05, 4.69) is 15.9 Å². The van der Waals surface area contributed by atoms with Gasteiger partial charge in [0.25, 0.3) is 0 Å². The number of hydrogen-bond donors (Lipinski definition) is 2. The zero-order valence-corrected chi connectivity index (χ0v) is 12.3. The molecule has 0 saturated carbocycles. The Morgan fingerprint density at radius 2 is 2.18 bits per heavy atom. The van der Waals surface area contributed by atoms with E-state index in [-0.39, 0.29) is 5.54 Å². The molecule has 1 rings (SSSR count). The van der Waals surface area contributed by atoms with Gasteiger partial charge in [-0.15, -0.1) is 0 Å². The fourth-order valence-electron chi connectivity index (χ4n) is 1.22. The van der Waals surface area contributed by atoms with Gasteiger partial charge in [0.2, 0.25) is 0 Å². The number of carboxylic acid groups (broad SMARTS) is 1. The predicted octanol–water partition coefficient (Wildman–Crippen LogP) is 3.12. The molecule has 0 atom stereocenters. The molecule has 3 nitrogen and oxygen atoms in total. The first-order valence-corrected chi connectivity index (χ1v) is 7.13. The monoisotopic (exact) mass is 317 g/mol. The van der Waals surface area contributed by atoms with Crippen molar-refractivity contribution in [2.45, 2.75) is 25.1 Å². The Morgan fingerprint density at radius 3 is 2.65 bits per heavy atom. The summed E-state index contributed by atoms with van der Waals surface area (Å²) < 4.78 is 0.833. The van der Waals surface area contributed by atoms with Crippen LogP contribution in [0.4, 0.5) is 0 Å². The van der Waals surface area contributed by atoms with Crippen molar-refractivity contribution in [3.05, 3.63) is 33.8 Å². The minimum Gasteiger partial charge on any atom is -0.478 e. The number of carbonyl (C=O) groups is 1. The Balaban J connectivity index is 2.64. The molecule has 0 radical (unpaired) electrons. The van der Waals surface area contributed by atoms with Crippen molar-refractivity contribution in [3.8, 4) is 0 Å². The summed E-state index contributed by atoms with van der Waals surface area (Å²) in [6, 6.07) is 5.09. The summed E-state index contributed by atoms with van der Waals surface area (Å²) in [7, 11) is 0. The number of carboxylic acids is 1. The first-order valence-electron chi connectivity index (χ1n) is 5.18. The van der Waals surface area contributed by atoms with E-state index in [4.69, 9.17) is 10.8 Å². The van der Waals surface area contributed by atoms with E-state index in [1.54, 1.807) is 23.9 Å². The largest absolute Gasteiger partial charge is 0.478 e. The lowest BCUT2D eigenvalue weighted by atomic mass is 10.1. The molecule has 0 aromatic heterocycles. The average Bonchev–Trinajstić information content (AvgIpc) is 2.18. The van der Waals surface area contributed by atoms with Crippen molar-refractivity contribution in [1.82, 2.24) is 0 Å². The molecule has 0 amide bonds. The molecule has 0 heterocycles. The summed E-state index contributed by atoms with van der Waals surface area (Å²) in [6.07, 6.45) is 0. The van der Waals surface area contributed by atoms with Crippen LogP contribution in [0.5, 0.6) is 0 Å². The SMILES string of the molecule is CC(C)(N)CSCc1ccc(C(=O)O)cc1Br. The lowest BCUT2D eigenvalue weighted by molar-refractivity contribution is 0.0697. The van der Waals surface area contributed by atoms with Crippen molar-refractivity contribution >= 4 is 33.7 Å². The van der Waals surface area contributed by atoms with Crippen LogP contribution >= 0.6 is 27.7 Å². The fourth-order valence-corrected chi connectivity index (χ4v) is 3.03. The van der Waals surface area contributed by atoms with Crippen LogP contribution < -0.4 is 5.73 Å². The molecule has 5 heteroatoms. The molecule has 0 fully saturated rings. The predicted molar refractivity (Wildman–Crippen MR) is 75.5 cm³/mol. The highest BCUT2D eigenvalue weighted by molar-refractivity contribution is 9.10. The number of hydrogen-bond acceptors (Lipinski definition) is 3. The van der Waals surface area contributed by atoms with Gasteiger partial charge in [-0.05, 0) is 31.5 Å². The van der Waals surface area contributed by atoms with Crippen LogP contribution in [0.1, 0.15) is 29.8 Å². The van der Waals surface area contributed by atoms with Gasteiger partial charge < -0.3 is 10.8 Å². The first kappa shape index (κ1) is 14.5. The maximum absolute atomic E-state index is 10.8. The van der Waals surface area contributed by atoms with Crippen LogP contribution in [-0.2, 0) is 5.75 Å². The Labute approximate surface area is 114 Å². The molecule has 1 aromatic rings. The highest BCUT2D eigenvalue weighted by atomic mass is 79.9. The van der Waals surface area contributed by atoms with Crippen LogP contribution in [-0.4, -0.2) is 22.4 Å². The van der Waals surface area contributed by atoms with E-state index in [9.17, 15) is 4.79 Å². The van der Waals surface area contributed by atoms with Crippen molar-refractivity contribution in [2.24, 2.45) is 5.73 Å². The van der Waals surface area contributed by atoms with Crippen molar-refractivity contribution in [3.63, 3.8) is 0 Å². The van der Waals surface area contributed by atoms with E-state index < -0.39 is 5.97 Å². The van der Waals surface area contributed by atoms with Crippen LogP contribution in [0.25, 0.3) is 0 Å². The molecule has 0 saturated heterocycles. The minimum atomic E-state index is -0.909. The van der Waals surface area contributed by atoms with E-state index in [0.717, 1.165) is 21.5 Å². The van der Waals surface area contributed by atoms with E-state index >= 15 is 0 Å². The second-order valence-electron chi connectivity index (χ2n) is 4.59. The van der Waals surface area contributed by atoms with Gasteiger partial charge in [-0.3, -0.25) is 0 Å². The summed E-state index contributed by atoms with van der Waals surface area (Å²) in [4.78, 5) is 10.8. The smallest absolute Gasteiger partial charge is 0.335 e. The average molecular weight is 318 g/mol. The van der Waals surface area contributed by atoms with Gasteiger partial charge in [0.1, 0.15) is 0 Å². The molecule has 0 bridgehead atoms. The van der Waals surface area contributed by atoms with Gasteiger partial charge in [-0.25, -0.2) is 4.79 Å². The van der Waals surface area contributed by atoms with Gasteiger partial charge in [0.05, 0.1) is 5.56 Å². The normalized spacial score (nSPS) is 11.5. The quantitative estimate of drug-likeness (QED) is 0.875. The van der Waals surface area contributed by atoms with Crippen molar-refractivity contribution in [2.75, 3.05) is 5.75 Å². The number of nitrogens with two attached hydrogens (primary N) is 1. The molecular weight excluding hydrogens is 302 g/mol. The first-order chi connectivity index (χ1) is 7.79. The summed E-state index contributed by atoms with van der Waals surface area (Å²) in [5.41, 5.74) is 7.09. The highest BCUT2D eigenvalue weighted by Gasteiger charge is 2.11. The Kier molecular flexibility index (Phi) is 5.04. The summed E-state index contributed by atoms with van der Waals surface area (Å²) in [5, 5.41) is 8.84. The highest BCUT2D eigenvalue weighted by Crippen LogP contribution is 2.24. The van der Waals surface area contributed by atoms with Crippen LogP contribution in [0, 0.1) is 0 Å². The molecule has 1 aromatic carbocycles. The molecule has 0 unspecified atom stereocenters. The van der Waals surface area contributed by atoms with E-state index in [0.29, 0.717) is 5.56 Å². The zero-order chi connectivity index (χ0) is 13.1. The summed E-state index contributed by atoms with van der Waals surface area (Å²) in [5.74, 6) is 0.773. The molecule has 0 spiro atoms. The fraction of sp³-hybridized carbons (Fsp3) is 0.417. The molecule has 17 heavy (non-hydrogen) atoms. The third-order valence-corrected chi connectivity index (χ3v) is 4.23. The third-order valence-electron chi connectivity index (χ3n) is 2.03. The third kappa shape index (κ3) is 5.10. The standard InChI is InChI=1S/C12H16BrNO2S/c1-12(2,14)7-17-6-9-4-3-8(11(15)16)5-10(9)13/h3-5H,6-7,14H2,1-2H3,(H,15,16). The Morgan fingerprint density at radius 1 is 1.53 bits per heavy atom. The molecule has 0 aliphatic carbocycles. The van der Waals surface area contributed by atoms with Crippen LogP contribution in [0.15, 0.2) is 22.7 Å². The van der Waals surface area contributed by atoms with Crippen LogP contribution in [0.3, 0.4) is 0 Å². The van der Waals surface area contributed by atoms with E-state index in [1.165, 1.54) is 0 Å². The second-order valence-corrected chi connectivity index (χ2v) is 6.43. The van der Waals surface area contributed by atoms with Gasteiger partial charge in [0.15, 0.2) is 0 Å². The summed E-state index contributed by atoms with van der Waals surface area (Å²) >= 11 is 5.13. The van der Waals surface area contributed by atoms with Gasteiger partial charge >= 0.3 is 5.97 Å². The van der Waals surface area contributed by atoms with Crippen molar-refractivity contribution < 1.29 is 9.90 Å². The molecule has 94 valence electrons. The zero-order valence-electron chi connectivity index (χ0n) is 9.87. The number of halogens is 1. The minimum absolute atomic E-state index is 0.182. The second kappa shape index (κ2) is 5.89. The molecular formula is C12H16BrNO2S. The molecule has 3 N–H and O–H groups in total. The number of thioether (sulfide) groups is 1. The lowest BCUT2D eigenvalue weighted by Gasteiger charge is -2.17. The number of rotatable bonds is 5. The van der Waals surface area contributed by atoms with Gasteiger partial charge in [-0.2, -0.15) is 11.8 Å².